The summed E-state index contributed by atoms with van der Waals surface area (Å²) in [4.78, 5) is 0. The smallest absolute Gasteiger partial charge is 0.0425 e. The zero-order valence-electron chi connectivity index (χ0n) is 19.2. The van der Waals surface area contributed by atoms with Crippen LogP contribution >= 0.6 is 7.05 Å². The Hall–Kier alpha value is -0.0957. The predicted molar refractivity (Wildman–Crippen MR) is 125 cm³/mol. The average Bonchev–Trinajstić information content (AvgIpc) is 3.18. The monoisotopic (exact) mass is 425 g/mol. The van der Waals surface area contributed by atoms with Gasteiger partial charge in [-0.3, -0.25) is 4.74 Å². The Morgan fingerprint density at radius 2 is 1.48 bits per heavy atom. The van der Waals surface area contributed by atoms with Crippen molar-refractivity contribution in [3.05, 3.63) is 48.2 Å². The molecule has 0 aliphatic heterocycles. The van der Waals surface area contributed by atoms with Crippen molar-refractivity contribution >= 4 is 7.05 Å². The largest absolute Gasteiger partial charge is 0.271 e. The first kappa shape index (κ1) is 29.1. The first-order valence-electron chi connectivity index (χ1n) is 10.7. The van der Waals surface area contributed by atoms with E-state index < -0.39 is 7.05 Å². The molecule has 0 saturated carbocycles. The maximum absolute atomic E-state index is 5.43. The summed E-state index contributed by atoms with van der Waals surface area (Å²) < 4.78 is 5.43. The van der Waals surface area contributed by atoms with E-state index in [9.17, 15) is 0 Å². The van der Waals surface area contributed by atoms with Crippen LogP contribution in [-0.2, 0) is 21.7 Å². The van der Waals surface area contributed by atoms with Crippen LogP contribution in [-0.4, -0.2) is 17.0 Å². The summed E-state index contributed by atoms with van der Waals surface area (Å²) in [6.07, 6.45) is 20.8. The Morgan fingerprint density at radius 3 is 1.81 bits per heavy atom. The van der Waals surface area contributed by atoms with E-state index in [0.717, 1.165) is 29.8 Å². The van der Waals surface area contributed by atoms with Crippen molar-refractivity contribution in [1.29, 1.82) is 0 Å². The molecule has 0 N–H and O–H groups in total. The number of nitrogens with zero attached hydrogens (tertiary/aromatic N) is 1. The first-order valence-corrected chi connectivity index (χ1v) is 12.6. The van der Waals surface area contributed by atoms with E-state index in [4.69, 9.17) is 4.74 Å². The van der Waals surface area contributed by atoms with Gasteiger partial charge in [0.25, 0.3) is 0 Å². The van der Waals surface area contributed by atoms with Crippen LogP contribution in [0.25, 0.3) is 0 Å². The fraction of sp³-hybridized carbons (Fsp3) is 0.667. The molecule has 3 unspecified atom stereocenters. The van der Waals surface area contributed by atoms with E-state index in [0.29, 0.717) is 0 Å². The minimum absolute atomic E-state index is 0. The van der Waals surface area contributed by atoms with Gasteiger partial charge in [0.15, 0.2) is 0 Å². The molecule has 3 atom stereocenters. The van der Waals surface area contributed by atoms with E-state index in [-0.39, 0.29) is 21.7 Å². The second kappa shape index (κ2) is 16.8. The molecule has 0 spiro atoms. The van der Waals surface area contributed by atoms with Gasteiger partial charge in [-0.05, 0) is 62.7 Å². The van der Waals surface area contributed by atoms with E-state index in [2.05, 4.69) is 78.8 Å². The molecule has 0 radical (unpaired) electrons. The zero-order valence-corrected chi connectivity index (χ0v) is 21.7. The van der Waals surface area contributed by atoms with Gasteiger partial charge >= 0.3 is 0 Å². The molecule has 27 heavy (non-hydrogen) atoms. The molecular weight excluding hydrogens is 381 g/mol. The van der Waals surface area contributed by atoms with Crippen LogP contribution in [0.2, 0.25) is 0 Å². The van der Waals surface area contributed by atoms with Crippen LogP contribution in [0.15, 0.2) is 53.0 Å². The van der Waals surface area contributed by atoms with Crippen LogP contribution in [0.1, 0.15) is 87.5 Å². The van der Waals surface area contributed by atoms with Crippen molar-refractivity contribution in [2.45, 2.75) is 104 Å². The molecule has 1 nitrogen and oxygen atoms in total. The third kappa shape index (κ3) is 9.30. The SMILES string of the molecule is CC=CC=CCC.CCC(C)P(=NC1=CC=CC1)(C(C)CC)C(C)CC.[Ti]. The van der Waals surface area contributed by atoms with Gasteiger partial charge in [0.05, 0.1) is 0 Å². The second-order valence-electron chi connectivity index (χ2n) is 7.32. The topological polar surface area (TPSA) is 12.4 Å². The Morgan fingerprint density at radius 1 is 0.963 bits per heavy atom. The summed E-state index contributed by atoms with van der Waals surface area (Å²) >= 11 is 0. The molecule has 0 aromatic rings. The molecule has 1 aliphatic carbocycles. The Bertz CT molecular complexity index is 509. The second-order valence-corrected chi connectivity index (χ2v) is 11.7. The van der Waals surface area contributed by atoms with E-state index in [1.165, 1.54) is 25.0 Å². The van der Waals surface area contributed by atoms with Gasteiger partial charge in [-0.2, -0.15) is 0 Å². The van der Waals surface area contributed by atoms with Crippen LogP contribution in [0.5, 0.6) is 0 Å². The van der Waals surface area contributed by atoms with Crippen molar-refractivity contribution in [2.75, 3.05) is 0 Å². The molecule has 0 aromatic heterocycles. The minimum atomic E-state index is -1.30. The number of hydrogen-bond donors (Lipinski definition) is 0. The Kier molecular flexibility index (Phi) is 18.1. The van der Waals surface area contributed by atoms with Crippen molar-refractivity contribution in [2.24, 2.45) is 4.74 Å². The fourth-order valence-electron chi connectivity index (χ4n) is 3.53. The van der Waals surface area contributed by atoms with Gasteiger partial charge in [-0.25, -0.2) is 0 Å². The molecule has 1 aliphatic rings. The van der Waals surface area contributed by atoms with Gasteiger partial charge in [0, 0.05) is 33.8 Å². The Labute approximate surface area is 185 Å². The molecule has 0 bridgehead atoms. The van der Waals surface area contributed by atoms with Crippen LogP contribution in [0.3, 0.4) is 0 Å². The van der Waals surface area contributed by atoms with Crippen LogP contribution in [0, 0.1) is 0 Å². The molecule has 3 heteroatoms. The minimum Gasteiger partial charge on any atom is -0.271 e. The molecule has 0 aromatic carbocycles. The van der Waals surface area contributed by atoms with Crippen molar-refractivity contribution < 1.29 is 21.7 Å². The molecule has 0 fully saturated rings. The molecule has 154 valence electrons. The van der Waals surface area contributed by atoms with Crippen LogP contribution in [0.4, 0.5) is 0 Å². The van der Waals surface area contributed by atoms with Crippen molar-refractivity contribution in [1.82, 2.24) is 0 Å². The molecule has 0 saturated heterocycles. The van der Waals surface area contributed by atoms with Crippen molar-refractivity contribution in [3.8, 4) is 0 Å². The fourth-order valence-corrected chi connectivity index (χ4v) is 9.08. The zero-order chi connectivity index (χ0) is 20.0. The van der Waals surface area contributed by atoms with Gasteiger partial charge in [-0.1, -0.05) is 84.9 Å². The predicted octanol–water partition coefficient (Wildman–Crippen LogP) is 8.95. The van der Waals surface area contributed by atoms with E-state index >= 15 is 0 Å². The van der Waals surface area contributed by atoms with Gasteiger partial charge in [0.2, 0.25) is 0 Å². The Balaban J connectivity index is 0. The molecule has 0 heterocycles. The van der Waals surface area contributed by atoms with E-state index in [1.807, 2.05) is 19.1 Å². The quantitative estimate of drug-likeness (QED) is 0.199. The number of allylic oxidation sites excluding steroid dienone is 7. The van der Waals surface area contributed by atoms with Gasteiger partial charge in [-0.15, -0.1) is 0 Å². The van der Waals surface area contributed by atoms with Gasteiger partial charge in [0.1, 0.15) is 0 Å². The normalized spacial score (nSPS) is 18.9. The maximum atomic E-state index is 5.43. The van der Waals surface area contributed by atoms with Crippen LogP contribution < -0.4 is 0 Å². The van der Waals surface area contributed by atoms with Crippen molar-refractivity contribution in [3.63, 3.8) is 0 Å². The molecule has 1 rings (SSSR count). The van der Waals surface area contributed by atoms with Gasteiger partial charge < -0.3 is 0 Å². The summed E-state index contributed by atoms with van der Waals surface area (Å²) in [5, 5.41) is 0. The average molecular weight is 425 g/mol. The maximum Gasteiger partial charge on any atom is 0.0425 e. The summed E-state index contributed by atoms with van der Waals surface area (Å²) in [5.74, 6) is 0. The molecular formula is C24H44NPTi. The third-order valence-corrected chi connectivity index (χ3v) is 11.6. The summed E-state index contributed by atoms with van der Waals surface area (Å²) in [6, 6.07) is 0. The number of hydrogen-bond acceptors (Lipinski definition) is 1. The first-order chi connectivity index (χ1) is 12.4. The summed E-state index contributed by atoms with van der Waals surface area (Å²) in [6.45, 7) is 18.5. The number of rotatable bonds is 9. The summed E-state index contributed by atoms with van der Waals surface area (Å²) in [7, 11) is -1.30. The molecule has 0 amide bonds. The van der Waals surface area contributed by atoms with E-state index in [1.54, 1.807) is 0 Å². The third-order valence-electron chi connectivity index (χ3n) is 5.62. The standard InChI is InChI=1S/C17H32NP.C7H12.Ti/c1-7-14(4)19(15(5)8-2,16(6)9-3)18-17-12-10-11-13-17;1-3-5-7-6-4-2;/h10-12,14-16H,7-9,13H2,1-6H3;3,5-7H,4H2,1-2H3;. The summed E-state index contributed by atoms with van der Waals surface area (Å²) in [5.41, 5.74) is 3.57.